The molecule has 3 aliphatic heterocycles. The molecule has 10 nitrogen and oxygen atoms in total. The highest BCUT2D eigenvalue weighted by Gasteiger charge is 2.36. The SMILES string of the molecule is CC/C=C(\N=C(/CNCCN1CCCC1)C1CCN(c2ncnc3c2C(C)C(=O)N3)CC1)c1cc(C(F)(F)F)nn1C. The Bertz CT molecular complexity index is 1320. The second-order valence-corrected chi connectivity index (χ2v) is 11.3. The van der Waals surface area contributed by atoms with Crippen molar-refractivity contribution in [2.45, 2.75) is 58.0 Å². The van der Waals surface area contributed by atoms with Crippen LogP contribution in [0.25, 0.3) is 5.70 Å². The number of aromatic nitrogens is 4. The van der Waals surface area contributed by atoms with E-state index in [9.17, 15) is 18.0 Å². The number of hydrogen-bond acceptors (Lipinski definition) is 8. The van der Waals surface area contributed by atoms with E-state index in [4.69, 9.17) is 4.99 Å². The first-order valence-corrected chi connectivity index (χ1v) is 14.9. The number of aryl methyl sites for hydroxylation is 1. The summed E-state index contributed by atoms with van der Waals surface area (Å²) >= 11 is 0. The molecule has 2 aromatic heterocycles. The summed E-state index contributed by atoms with van der Waals surface area (Å²) in [5, 5.41) is 10.1. The van der Waals surface area contributed by atoms with Gasteiger partial charge in [0.1, 0.15) is 18.0 Å². The molecule has 3 aliphatic rings. The van der Waals surface area contributed by atoms with Crippen LogP contribution in [0.5, 0.6) is 0 Å². The van der Waals surface area contributed by atoms with Crippen molar-refractivity contribution in [3.05, 3.63) is 35.4 Å². The van der Waals surface area contributed by atoms with Gasteiger partial charge in [0.05, 0.1) is 17.3 Å². The molecule has 2 saturated heterocycles. The lowest BCUT2D eigenvalue weighted by Crippen LogP contribution is -2.41. The van der Waals surface area contributed by atoms with Crippen LogP contribution in [0.15, 0.2) is 23.5 Å². The van der Waals surface area contributed by atoms with Gasteiger partial charge in [-0.05, 0) is 58.2 Å². The van der Waals surface area contributed by atoms with Crippen LogP contribution in [-0.4, -0.2) is 82.1 Å². The quantitative estimate of drug-likeness (QED) is 0.319. The number of rotatable bonds is 10. The highest BCUT2D eigenvalue weighted by atomic mass is 19.4. The van der Waals surface area contributed by atoms with E-state index in [1.165, 1.54) is 30.9 Å². The molecule has 1 unspecified atom stereocenters. The maximum absolute atomic E-state index is 13.4. The van der Waals surface area contributed by atoms with Gasteiger partial charge in [0, 0.05) is 57.0 Å². The molecule has 13 heteroatoms. The first kappa shape index (κ1) is 30.1. The molecule has 2 fully saturated rings. The minimum atomic E-state index is -4.53. The minimum absolute atomic E-state index is 0.0739. The number of piperidine rings is 1. The Labute approximate surface area is 244 Å². The number of hydrogen-bond donors (Lipinski definition) is 2. The monoisotopic (exact) mass is 587 g/mol. The summed E-state index contributed by atoms with van der Waals surface area (Å²) in [6.07, 6.45) is 3.54. The van der Waals surface area contributed by atoms with Crippen molar-refractivity contribution < 1.29 is 18.0 Å². The Morgan fingerprint density at radius 2 is 1.93 bits per heavy atom. The third-order valence-electron chi connectivity index (χ3n) is 8.40. The number of carbonyl (C=O) groups excluding carboxylic acids is 1. The number of likely N-dealkylation sites (tertiary alicyclic amines) is 1. The van der Waals surface area contributed by atoms with Gasteiger partial charge in [-0.25, -0.2) is 9.97 Å². The summed E-state index contributed by atoms with van der Waals surface area (Å²) < 4.78 is 41.6. The molecule has 0 bridgehead atoms. The molecule has 228 valence electrons. The number of anilines is 2. The van der Waals surface area contributed by atoms with Crippen LogP contribution < -0.4 is 15.5 Å². The van der Waals surface area contributed by atoms with Crippen LogP contribution in [0.3, 0.4) is 0 Å². The number of alkyl halides is 3. The highest BCUT2D eigenvalue weighted by Crippen LogP contribution is 2.38. The lowest BCUT2D eigenvalue weighted by molar-refractivity contribution is -0.141. The molecule has 1 atom stereocenters. The topological polar surface area (TPSA) is 104 Å². The molecular weight excluding hydrogens is 547 g/mol. The molecule has 0 aliphatic carbocycles. The number of aliphatic imine (C=N–C) groups is 1. The van der Waals surface area contributed by atoms with Crippen LogP contribution in [-0.2, 0) is 18.0 Å². The van der Waals surface area contributed by atoms with Gasteiger partial charge in [0.25, 0.3) is 0 Å². The van der Waals surface area contributed by atoms with Gasteiger partial charge in [-0.2, -0.15) is 18.3 Å². The van der Waals surface area contributed by atoms with Crippen LogP contribution in [0, 0.1) is 5.92 Å². The van der Waals surface area contributed by atoms with E-state index in [1.807, 2.05) is 19.9 Å². The predicted octanol–water partition coefficient (Wildman–Crippen LogP) is 4.08. The molecule has 5 heterocycles. The lowest BCUT2D eigenvalue weighted by atomic mass is 9.91. The smallest absolute Gasteiger partial charge is 0.356 e. The number of amides is 1. The van der Waals surface area contributed by atoms with Gasteiger partial charge in [-0.3, -0.25) is 14.5 Å². The Hall–Kier alpha value is -3.32. The van der Waals surface area contributed by atoms with Crippen LogP contribution in [0.2, 0.25) is 0 Å². The zero-order valence-electron chi connectivity index (χ0n) is 24.5. The summed E-state index contributed by atoms with van der Waals surface area (Å²) in [6.45, 7) is 9.84. The van der Waals surface area contributed by atoms with Gasteiger partial charge in [-0.1, -0.05) is 13.0 Å². The van der Waals surface area contributed by atoms with Crippen LogP contribution in [0.1, 0.15) is 68.8 Å². The van der Waals surface area contributed by atoms with Gasteiger partial charge >= 0.3 is 6.18 Å². The molecule has 0 radical (unpaired) electrons. The molecule has 0 saturated carbocycles. The Balaban J connectivity index is 1.35. The zero-order chi connectivity index (χ0) is 29.9. The fraction of sp³-hybridized carbons (Fsp3) is 0.621. The van der Waals surface area contributed by atoms with Gasteiger partial charge in [-0.15, -0.1) is 0 Å². The summed E-state index contributed by atoms with van der Waals surface area (Å²) in [5.41, 5.74) is 1.70. The number of fused-ring (bicyclic) bond motifs is 1. The van der Waals surface area contributed by atoms with Crippen molar-refractivity contribution in [1.29, 1.82) is 0 Å². The van der Waals surface area contributed by atoms with Crippen molar-refractivity contribution in [3.63, 3.8) is 0 Å². The summed E-state index contributed by atoms with van der Waals surface area (Å²) in [5.74, 6) is 1.12. The number of nitrogens with one attached hydrogen (secondary N) is 2. The number of halogens is 3. The molecule has 2 aromatic rings. The average molecular weight is 588 g/mol. The maximum atomic E-state index is 13.4. The third-order valence-corrected chi connectivity index (χ3v) is 8.40. The normalized spacial score (nSPS) is 20.9. The van der Waals surface area contributed by atoms with Crippen LogP contribution in [0.4, 0.5) is 24.8 Å². The van der Waals surface area contributed by atoms with Crippen LogP contribution >= 0.6 is 0 Å². The molecule has 5 rings (SSSR count). The van der Waals surface area contributed by atoms with Crippen molar-refractivity contribution >= 4 is 29.0 Å². The number of nitrogens with zero attached hydrogens (tertiary/aromatic N) is 7. The van der Waals surface area contributed by atoms with E-state index in [0.29, 0.717) is 30.2 Å². The molecule has 0 spiro atoms. The predicted molar refractivity (Wildman–Crippen MR) is 156 cm³/mol. The Morgan fingerprint density at radius 3 is 2.60 bits per heavy atom. The van der Waals surface area contributed by atoms with Crippen molar-refractivity contribution in [2.24, 2.45) is 18.0 Å². The summed E-state index contributed by atoms with van der Waals surface area (Å²) in [4.78, 5) is 30.7. The first-order valence-electron chi connectivity index (χ1n) is 14.9. The first-order chi connectivity index (χ1) is 20.2. The van der Waals surface area contributed by atoms with E-state index < -0.39 is 11.9 Å². The van der Waals surface area contributed by atoms with E-state index in [-0.39, 0.29) is 17.7 Å². The summed E-state index contributed by atoms with van der Waals surface area (Å²) in [7, 11) is 1.52. The average Bonchev–Trinajstić information content (AvgIpc) is 3.69. The number of allylic oxidation sites excluding steroid dienone is 1. The zero-order valence-corrected chi connectivity index (χ0v) is 24.5. The maximum Gasteiger partial charge on any atom is 0.435 e. The molecule has 2 N–H and O–H groups in total. The molecule has 42 heavy (non-hydrogen) atoms. The standard InChI is InChI=1S/C29H40F3N9O/c1-4-7-21(23-16-24(29(30,31)32)38-39(23)3)36-22(17-33-10-15-40-11-5-6-12-40)20-8-13-41(14-9-20)27-25-19(2)28(42)37-26(25)34-18-35-27/h7,16,18-20,33H,4-6,8-15,17H2,1-3H3,(H,34,35,37,42)/b21-7-,36-22+. The Kier molecular flexibility index (Phi) is 9.26. The third kappa shape index (κ3) is 6.67. The molecule has 1 amide bonds. The van der Waals surface area contributed by atoms with E-state index in [2.05, 4.69) is 35.5 Å². The van der Waals surface area contributed by atoms with Crippen molar-refractivity contribution in [2.75, 3.05) is 56.0 Å². The molecule has 0 aromatic carbocycles. The lowest BCUT2D eigenvalue weighted by Gasteiger charge is -2.34. The van der Waals surface area contributed by atoms with E-state index in [0.717, 1.165) is 75.3 Å². The second kappa shape index (κ2) is 12.9. The highest BCUT2D eigenvalue weighted by molar-refractivity contribution is 6.03. The van der Waals surface area contributed by atoms with Crippen molar-refractivity contribution in [3.8, 4) is 0 Å². The van der Waals surface area contributed by atoms with Gasteiger partial charge < -0.3 is 20.4 Å². The minimum Gasteiger partial charge on any atom is -0.356 e. The van der Waals surface area contributed by atoms with E-state index >= 15 is 0 Å². The number of carbonyl (C=O) groups is 1. The van der Waals surface area contributed by atoms with Gasteiger partial charge in [0.15, 0.2) is 5.69 Å². The largest absolute Gasteiger partial charge is 0.435 e. The van der Waals surface area contributed by atoms with Crippen molar-refractivity contribution in [1.82, 2.24) is 30.0 Å². The second-order valence-electron chi connectivity index (χ2n) is 11.3. The summed E-state index contributed by atoms with van der Waals surface area (Å²) in [6, 6.07) is 1.08. The fourth-order valence-corrected chi connectivity index (χ4v) is 6.05. The van der Waals surface area contributed by atoms with E-state index in [1.54, 1.807) is 0 Å². The fourth-order valence-electron chi connectivity index (χ4n) is 6.05. The van der Waals surface area contributed by atoms with Gasteiger partial charge in [0.2, 0.25) is 5.91 Å². The molecular formula is C29H40F3N9O. The Morgan fingerprint density at radius 1 is 1.19 bits per heavy atom.